The van der Waals surface area contributed by atoms with Gasteiger partial charge in [0.15, 0.2) is 0 Å². The Hall–Kier alpha value is -2.04. The monoisotopic (exact) mass is 275 g/mol. The predicted octanol–water partition coefficient (Wildman–Crippen LogP) is 4.42. The van der Waals surface area contributed by atoms with Gasteiger partial charge in [0.1, 0.15) is 0 Å². The van der Waals surface area contributed by atoms with Crippen molar-refractivity contribution in [3.8, 4) is 11.8 Å². The van der Waals surface area contributed by atoms with Gasteiger partial charge in [-0.05, 0) is 17.5 Å². The largest absolute Gasteiger partial charge is 0.274 e. The highest BCUT2D eigenvalue weighted by Crippen LogP contribution is 2.43. The van der Waals surface area contributed by atoms with E-state index in [1.54, 1.807) is 0 Å². The molecule has 1 nitrogen and oxygen atoms in total. The molecular weight excluding hydrogens is 254 g/mol. The molecule has 0 aromatic heterocycles. The molecule has 3 rings (SSSR count). The standard InChI is InChI=1S/C20H21N/c1-2-3-6-15-19-20(18-13-9-5-10-14-18)21(19)16-17-11-7-4-8-12-17/h4-5,7-14,19-20H,2-3,16H2,1H3. The smallest absolute Gasteiger partial charge is 0.0923 e. The van der Waals surface area contributed by atoms with E-state index in [2.05, 4.69) is 84.3 Å². The number of hydrogen-bond acceptors (Lipinski definition) is 1. The Morgan fingerprint density at radius 1 is 0.952 bits per heavy atom. The lowest BCUT2D eigenvalue weighted by molar-refractivity contribution is 0.495. The molecule has 0 aliphatic carbocycles. The van der Waals surface area contributed by atoms with Crippen molar-refractivity contribution in [3.05, 3.63) is 71.8 Å². The summed E-state index contributed by atoms with van der Waals surface area (Å²) in [5.74, 6) is 6.77. The van der Waals surface area contributed by atoms with Gasteiger partial charge in [0, 0.05) is 13.0 Å². The van der Waals surface area contributed by atoms with Gasteiger partial charge in [-0.25, -0.2) is 0 Å². The Morgan fingerprint density at radius 3 is 2.29 bits per heavy atom. The first kappa shape index (κ1) is 13.9. The first-order valence-electron chi connectivity index (χ1n) is 7.73. The third-order valence-electron chi connectivity index (χ3n) is 3.90. The van der Waals surface area contributed by atoms with Crippen LogP contribution >= 0.6 is 0 Å². The third kappa shape index (κ3) is 3.35. The van der Waals surface area contributed by atoms with E-state index in [0.717, 1.165) is 19.4 Å². The highest BCUT2D eigenvalue weighted by Gasteiger charge is 2.47. The zero-order valence-corrected chi connectivity index (χ0v) is 12.5. The molecule has 2 aromatic carbocycles. The molecule has 106 valence electrons. The summed E-state index contributed by atoms with van der Waals surface area (Å²) in [5, 5.41) is 0. The molecule has 0 spiro atoms. The van der Waals surface area contributed by atoms with Crippen molar-refractivity contribution in [2.45, 2.75) is 38.4 Å². The fraction of sp³-hybridized carbons (Fsp3) is 0.300. The van der Waals surface area contributed by atoms with E-state index in [4.69, 9.17) is 0 Å². The molecule has 3 unspecified atom stereocenters. The Balaban J connectivity index is 1.76. The molecule has 1 aliphatic rings. The normalized spacial score (nSPS) is 23.2. The molecule has 2 aromatic rings. The topological polar surface area (TPSA) is 3.01 Å². The van der Waals surface area contributed by atoms with E-state index in [1.165, 1.54) is 11.1 Å². The zero-order valence-electron chi connectivity index (χ0n) is 12.5. The van der Waals surface area contributed by atoms with Crippen molar-refractivity contribution >= 4 is 0 Å². The lowest BCUT2D eigenvalue weighted by atomic mass is 10.1. The Bertz CT molecular complexity index is 621. The van der Waals surface area contributed by atoms with Crippen molar-refractivity contribution in [1.82, 2.24) is 4.90 Å². The summed E-state index contributed by atoms with van der Waals surface area (Å²) in [6.45, 7) is 3.16. The number of benzene rings is 2. The zero-order chi connectivity index (χ0) is 14.5. The van der Waals surface area contributed by atoms with Gasteiger partial charge in [0.05, 0.1) is 12.1 Å². The maximum Gasteiger partial charge on any atom is 0.0923 e. The Kier molecular flexibility index (Phi) is 4.38. The molecule has 0 radical (unpaired) electrons. The van der Waals surface area contributed by atoms with Crippen LogP contribution in [0.5, 0.6) is 0 Å². The van der Waals surface area contributed by atoms with Crippen LogP contribution in [0.15, 0.2) is 60.7 Å². The molecule has 0 amide bonds. The fourth-order valence-electron chi connectivity index (χ4n) is 2.75. The van der Waals surface area contributed by atoms with Crippen LogP contribution in [0.1, 0.15) is 36.9 Å². The van der Waals surface area contributed by atoms with Gasteiger partial charge in [-0.3, -0.25) is 4.90 Å². The molecule has 21 heavy (non-hydrogen) atoms. The van der Waals surface area contributed by atoms with Crippen molar-refractivity contribution in [2.75, 3.05) is 0 Å². The summed E-state index contributed by atoms with van der Waals surface area (Å²) >= 11 is 0. The first-order chi connectivity index (χ1) is 10.4. The van der Waals surface area contributed by atoms with E-state index >= 15 is 0 Å². The van der Waals surface area contributed by atoms with Crippen molar-refractivity contribution < 1.29 is 0 Å². The molecule has 1 aliphatic heterocycles. The molecule has 0 bridgehead atoms. The van der Waals surface area contributed by atoms with Gasteiger partial charge in [0.25, 0.3) is 0 Å². The van der Waals surface area contributed by atoms with Crippen LogP contribution in [0, 0.1) is 11.8 Å². The van der Waals surface area contributed by atoms with Crippen molar-refractivity contribution in [2.24, 2.45) is 0 Å². The summed E-state index contributed by atoms with van der Waals surface area (Å²) in [7, 11) is 0. The van der Waals surface area contributed by atoms with Gasteiger partial charge < -0.3 is 0 Å². The van der Waals surface area contributed by atoms with Gasteiger partial charge >= 0.3 is 0 Å². The third-order valence-corrected chi connectivity index (χ3v) is 3.90. The molecule has 1 heterocycles. The summed E-state index contributed by atoms with van der Waals surface area (Å²) in [4.78, 5) is 2.48. The number of nitrogens with zero attached hydrogens (tertiary/aromatic N) is 1. The minimum absolute atomic E-state index is 0.374. The van der Waals surface area contributed by atoms with Crippen LogP contribution in [0.4, 0.5) is 0 Å². The van der Waals surface area contributed by atoms with E-state index in [9.17, 15) is 0 Å². The second kappa shape index (κ2) is 6.61. The molecule has 1 saturated heterocycles. The summed E-state index contributed by atoms with van der Waals surface area (Å²) in [6, 6.07) is 22.2. The lowest BCUT2D eigenvalue weighted by Gasteiger charge is -2.03. The van der Waals surface area contributed by atoms with Gasteiger partial charge in [0.2, 0.25) is 0 Å². The SMILES string of the molecule is CCCC#CC1C(c2ccccc2)N1Cc1ccccc1. The van der Waals surface area contributed by atoms with Crippen LogP contribution < -0.4 is 0 Å². The quantitative estimate of drug-likeness (QED) is 0.590. The van der Waals surface area contributed by atoms with Crippen LogP contribution in [0.25, 0.3) is 0 Å². The maximum atomic E-state index is 3.45. The Morgan fingerprint density at radius 2 is 1.62 bits per heavy atom. The van der Waals surface area contributed by atoms with E-state index < -0.39 is 0 Å². The average Bonchev–Trinajstić information content (AvgIpc) is 3.22. The first-order valence-corrected chi connectivity index (χ1v) is 7.73. The lowest BCUT2D eigenvalue weighted by Crippen LogP contribution is -2.01. The van der Waals surface area contributed by atoms with Crippen LogP contribution in [0.2, 0.25) is 0 Å². The van der Waals surface area contributed by atoms with Gasteiger partial charge in [-0.2, -0.15) is 0 Å². The highest BCUT2D eigenvalue weighted by atomic mass is 15.3. The molecule has 0 saturated carbocycles. The van der Waals surface area contributed by atoms with E-state index in [1.807, 2.05) is 0 Å². The number of rotatable bonds is 4. The van der Waals surface area contributed by atoms with Gasteiger partial charge in [-0.1, -0.05) is 73.5 Å². The maximum absolute atomic E-state index is 3.45. The van der Waals surface area contributed by atoms with Gasteiger partial charge in [-0.15, -0.1) is 5.92 Å². The van der Waals surface area contributed by atoms with Crippen LogP contribution in [-0.4, -0.2) is 10.9 Å². The summed E-state index contributed by atoms with van der Waals surface area (Å²) < 4.78 is 0. The Labute approximate surface area is 127 Å². The van der Waals surface area contributed by atoms with E-state index in [0.29, 0.717) is 12.1 Å². The molecular formula is C20H21N. The van der Waals surface area contributed by atoms with Crippen molar-refractivity contribution in [1.29, 1.82) is 0 Å². The predicted molar refractivity (Wildman–Crippen MR) is 87.6 cm³/mol. The van der Waals surface area contributed by atoms with E-state index in [-0.39, 0.29) is 0 Å². The van der Waals surface area contributed by atoms with Crippen LogP contribution in [-0.2, 0) is 6.54 Å². The second-order valence-corrected chi connectivity index (χ2v) is 5.53. The summed E-state index contributed by atoms with van der Waals surface area (Å²) in [6.07, 6.45) is 2.13. The fourth-order valence-corrected chi connectivity index (χ4v) is 2.75. The molecule has 1 heteroatoms. The van der Waals surface area contributed by atoms with Crippen molar-refractivity contribution in [3.63, 3.8) is 0 Å². The minimum atomic E-state index is 0.374. The molecule has 1 fully saturated rings. The summed E-state index contributed by atoms with van der Waals surface area (Å²) in [5.41, 5.74) is 2.74. The molecule has 3 atom stereocenters. The van der Waals surface area contributed by atoms with Crippen LogP contribution in [0.3, 0.4) is 0 Å². The average molecular weight is 275 g/mol. The molecule has 0 N–H and O–H groups in total. The number of hydrogen-bond donors (Lipinski definition) is 0. The minimum Gasteiger partial charge on any atom is -0.274 e. The number of unbranched alkanes of at least 4 members (excludes halogenated alkanes) is 1. The second-order valence-electron chi connectivity index (χ2n) is 5.53. The highest BCUT2D eigenvalue weighted by molar-refractivity contribution is 5.34.